The third-order valence-electron chi connectivity index (χ3n) is 11.2. The Balaban J connectivity index is 1.32. The van der Waals surface area contributed by atoms with Gasteiger partial charge in [-0.3, -0.25) is 0 Å². The maximum atomic E-state index is 12.6. The van der Waals surface area contributed by atoms with Crippen molar-refractivity contribution in [1.82, 2.24) is 9.13 Å². The van der Waals surface area contributed by atoms with Crippen molar-refractivity contribution in [2.24, 2.45) is 0 Å². The summed E-state index contributed by atoms with van der Waals surface area (Å²) in [6, 6.07) is 46.8. The lowest BCUT2D eigenvalue weighted by Gasteiger charge is -2.26. The molecule has 0 saturated heterocycles. The molecule has 1 atom stereocenters. The molecule has 1 unspecified atom stereocenters. The molecule has 0 aliphatic rings. The highest BCUT2D eigenvalue weighted by Gasteiger charge is 2.26. The zero-order valence-corrected chi connectivity index (χ0v) is 34.6. The van der Waals surface area contributed by atoms with Crippen LogP contribution in [0.25, 0.3) is 77.2 Å². The summed E-state index contributed by atoms with van der Waals surface area (Å²) in [5.41, 5.74) is 12.7. The van der Waals surface area contributed by atoms with Crippen molar-refractivity contribution < 1.29 is 10.2 Å². The monoisotopic (exact) mass is 768 g/mol. The summed E-state index contributed by atoms with van der Waals surface area (Å²) < 4.78 is 4.43. The summed E-state index contributed by atoms with van der Waals surface area (Å²) in [7, 11) is -0.793. The predicted molar refractivity (Wildman–Crippen MR) is 245 cm³/mol. The lowest BCUT2D eigenvalue weighted by Crippen LogP contribution is -2.14. The van der Waals surface area contributed by atoms with E-state index in [0.29, 0.717) is 0 Å². The number of hydrogen-bond acceptors (Lipinski definition) is 2. The second kappa shape index (κ2) is 14.3. The number of hydrogen-bond donors (Lipinski definition) is 2. The van der Waals surface area contributed by atoms with Crippen LogP contribution in [0.15, 0.2) is 133 Å². The third-order valence-corrected chi connectivity index (χ3v) is 14.8. The Morgan fingerprint density at radius 2 is 0.750 bits per heavy atom. The van der Waals surface area contributed by atoms with Gasteiger partial charge in [0.1, 0.15) is 11.5 Å². The molecule has 6 heteroatoms. The number of fused-ring (bicyclic) bond motifs is 6. The molecule has 0 spiro atoms. The molecular weight excluding hydrogens is 723 g/mol. The molecule has 56 heavy (non-hydrogen) atoms. The number of phenols is 2. The number of para-hydroxylation sites is 4. The Kier molecular flexibility index (Phi) is 9.24. The van der Waals surface area contributed by atoms with Crippen LogP contribution in [0.1, 0.15) is 16.7 Å². The molecular formula is C50H46N2O2P2. The van der Waals surface area contributed by atoms with E-state index < -0.39 is 7.92 Å². The second-order valence-electron chi connectivity index (χ2n) is 15.5. The standard InChI is InChI=1S/C50H46N2O2P2/c1-31-27-40(38-25-32(2)29-46(48(38)53)51-42-19-11-7-15-34(42)35-16-8-12-20-43(35)51)50(56(6)24-23-55(4)5)41(28-31)39-26-33(3)30-47(49(39)54)52-44-21-13-9-17-36(44)37-18-10-14-22-45(37)52/h7-22,25-30,53-54H,23-24H2,1-6H3. The summed E-state index contributed by atoms with van der Waals surface area (Å²) in [6.45, 7) is 13.5. The maximum Gasteiger partial charge on any atom is 0.147 e. The van der Waals surface area contributed by atoms with Crippen LogP contribution in [-0.4, -0.2) is 51.7 Å². The maximum absolute atomic E-state index is 12.6. The topological polar surface area (TPSA) is 50.3 Å². The van der Waals surface area contributed by atoms with Gasteiger partial charge >= 0.3 is 0 Å². The van der Waals surface area contributed by atoms with E-state index in [2.05, 4.69) is 183 Å². The Morgan fingerprint density at radius 1 is 0.429 bits per heavy atom. The van der Waals surface area contributed by atoms with Gasteiger partial charge in [0.25, 0.3) is 0 Å². The molecule has 0 aliphatic carbocycles. The highest BCUT2D eigenvalue weighted by Crippen LogP contribution is 2.49. The first-order valence-corrected chi connectivity index (χ1v) is 23.7. The minimum atomic E-state index is -0.695. The summed E-state index contributed by atoms with van der Waals surface area (Å²) in [4.78, 5) is 0. The van der Waals surface area contributed by atoms with Gasteiger partial charge in [0, 0.05) is 32.7 Å². The van der Waals surface area contributed by atoms with Gasteiger partial charge in [-0.1, -0.05) is 92.9 Å². The Hall–Kier alpha value is -5.40. The number of rotatable bonds is 8. The zero-order valence-electron chi connectivity index (χ0n) is 32.8. The summed E-state index contributed by atoms with van der Waals surface area (Å²) in [6.07, 6.45) is 2.22. The van der Waals surface area contributed by atoms with Gasteiger partial charge in [-0.15, -0.1) is 7.92 Å². The molecule has 2 heterocycles. The van der Waals surface area contributed by atoms with Crippen molar-refractivity contribution in [2.45, 2.75) is 20.8 Å². The van der Waals surface area contributed by atoms with Crippen molar-refractivity contribution in [2.75, 3.05) is 32.3 Å². The molecule has 9 aromatic rings. The first kappa shape index (κ1) is 36.3. The Bertz CT molecular complexity index is 2690. The lowest BCUT2D eigenvalue weighted by atomic mass is 9.93. The van der Waals surface area contributed by atoms with Crippen LogP contribution in [0.5, 0.6) is 11.5 Å². The Morgan fingerprint density at radius 3 is 1.11 bits per heavy atom. The molecule has 0 fully saturated rings. The smallest absolute Gasteiger partial charge is 0.147 e. The first-order chi connectivity index (χ1) is 27.1. The molecule has 0 amide bonds. The van der Waals surface area contributed by atoms with Crippen LogP contribution in [0, 0.1) is 20.8 Å². The van der Waals surface area contributed by atoms with E-state index >= 15 is 0 Å². The van der Waals surface area contributed by atoms with Crippen LogP contribution in [-0.2, 0) is 0 Å². The van der Waals surface area contributed by atoms with E-state index in [1.54, 1.807) is 0 Å². The molecule has 9 rings (SSSR count). The predicted octanol–water partition coefficient (Wildman–Crippen LogP) is 13.0. The van der Waals surface area contributed by atoms with Crippen molar-refractivity contribution in [1.29, 1.82) is 0 Å². The van der Waals surface area contributed by atoms with Crippen molar-refractivity contribution >= 4 is 64.8 Å². The van der Waals surface area contributed by atoms with Crippen LogP contribution < -0.4 is 5.30 Å². The van der Waals surface area contributed by atoms with Crippen molar-refractivity contribution in [3.05, 3.63) is 150 Å². The van der Waals surface area contributed by atoms with Crippen LogP contribution in [0.3, 0.4) is 0 Å². The third kappa shape index (κ3) is 5.99. The van der Waals surface area contributed by atoms with Gasteiger partial charge in [0.2, 0.25) is 0 Å². The molecule has 0 saturated carbocycles. The summed E-state index contributed by atoms with van der Waals surface area (Å²) in [5.74, 6) is 0.520. The number of phenolic OH excluding ortho intramolecular Hbond substituents is 2. The van der Waals surface area contributed by atoms with Crippen molar-refractivity contribution in [3.8, 4) is 45.1 Å². The van der Waals surface area contributed by atoms with Gasteiger partial charge in [-0.05, 0) is 135 Å². The van der Waals surface area contributed by atoms with E-state index in [-0.39, 0.29) is 19.4 Å². The highest BCUT2D eigenvalue weighted by atomic mass is 31.1. The van der Waals surface area contributed by atoms with Gasteiger partial charge in [-0.2, -0.15) is 0 Å². The number of benzene rings is 7. The first-order valence-electron chi connectivity index (χ1n) is 19.3. The lowest BCUT2D eigenvalue weighted by molar-refractivity contribution is 0.475. The fourth-order valence-electron chi connectivity index (χ4n) is 8.70. The number of aromatic hydroxyl groups is 2. The molecule has 278 valence electrons. The van der Waals surface area contributed by atoms with Gasteiger partial charge in [0.15, 0.2) is 0 Å². The minimum Gasteiger partial charge on any atom is -0.505 e. The molecule has 2 aromatic heterocycles. The molecule has 0 aliphatic heterocycles. The van der Waals surface area contributed by atoms with Gasteiger partial charge in [-0.25, -0.2) is 0 Å². The SMILES string of the molecule is Cc1cc(-c2cc(C)cc(-n3c4ccccc4c4ccccc43)c2O)c(P(C)CCP(C)C)c(-c2cc(C)cc(-n3c4ccccc4c4ccccc43)c2O)c1. The quantitative estimate of drug-likeness (QED) is 0.151. The van der Waals surface area contributed by atoms with E-state index in [4.69, 9.17) is 0 Å². The van der Waals surface area contributed by atoms with Crippen molar-refractivity contribution in [3.63, 3.8) is 0 Å². The molecule has 7 aromatic carbocycles. The van der Waals surface area contributed by atoms with E-state index in [1.807, 2.05) is 0 Å². The van der Waals surface area contributed by atoms with Gasteiger partial charge in [0.05, 0.1) is 33.4 Å². The fourth-order valence-corrected chi connectivity index (χ4v) is 12.9. The van der Waals surface area contributed by atoms with Crippen LogP contribution in [0.4, 0.5) is 0 Å². The summed E-state index contributed by atoms with van der Waals surface area (Å²) in [5, 5.41) is 31.1. The van der Waals surface area contributed by atoms with Crippen LogP contribution >= 0.6 is 15.8 Å². The average molecular weight is 769 g/mol. The number of nitrogens with zero attached hydrogens (tertiary/aromatic N) is 2. The number of aryl methyl sites for hydroxylation is 3. The highest BCUT2D eigenvalue weighted by molar-refractivity contribution is 7.67. The molecule has 2 N–H and O–H groups in total. The fraction of sp³-hybridized carbons (Fsp3) is 0.160. The largest absolute Gasteiger partial charge is 0.505 e. The number of aromatic nitrogens is 2. The minimum absolute atomic E-state index is 0.0974. The molecule has 0 bridgehead atoms. The second-order valence-corrected chi connectivity index (χ2v) is 20.4. The molecule has 4 nitrogen and oxygen atoms in total. The Labute approximate surface area is 331 Å². The van der Waals surface area contributed by atoms with E-state index in [9.17, 15) is 10.2 Å². The van der Waals surface area contributed by atoms with E-state index in [0.717, 1.165) is 106 Å². The normalized spacial score (nSPS) is 12.5. The van der Waals surface area contributed by atoms with E-state index in [1.165, 1.54) is 5.30 Å². The average Bonchev–Trinajstić information content (AvgIpc) is 3.71. The van der Waals surface area contributed by atoms with Gasteiger partial charge < -0.3 is 19.3 Å². The molecule has 0 radical (unpaired) electrons. The van der Waals surface area contributed by atoms with Crippen LogP contribution in [0.2, 0.25) is 0 Å². The summed E-state index contributed by atoms with van der Waals surface area (Å²) >= 11 is 0. The zero-order chi connectivity index (χ0) is 38.8.